The molecule has 0 aromatic carbocycles. The van der Waals surface area contributed by atoms with Gasteiger partial charge in [-0.2, -0.15) is 0 Å². The Kier molecular flexibility index (Phi) is 2.59. The summed E-state index contributed by atoms with van der Waals surface area (Å²) in [4.78, 5) is 0. The third-order valence-electron chi connectivity index (χ3n) is 2.55. The maximum Gasteiger partial charge on any atom is 0.108 e. The first kappa shape index (κ1) is 8.69. The normalized spacial score (nSPS) is 17.3. The Morgan fingerprint density at radius 2 is 2.46 bits per heavy atom. The zero-order valence-corrected chi connectivity index (χ0v) is 7.94. The second-order valence-electron chi connectivity index (χ2n) is 3.66. The van der Waals surface area contributed by atoms with Crippen LogP contribution in [0.15, 0.2) is 6.20 Å². The second-order valence-corrected chi connectivity index (χ2v) is 3.66. The molecule has 4 heteroatoms. The van der Waals surface area contributed by atoms with Gasteiger partial charge in [-0.25, -0.2) is 0 Å². The van der Waals surface area contributed by atoms with Gasteiger partial charge in [0.15, 0.2) is 0 Å². The number of nitrogens with zero attached hydrogens (tertiary/aromatic N) is 3. The van der Waals surface area contributed by atoms with Gasteiger partial charge in [-0.15, -0.1) is 5.10 Å². The molecule has 0 bridgehead atoms. The third kappa shape index (κ3) is 2.06. The van der Waals surface area contributed by atoms with E-state index in [1.54, 1.807) is 7.11 Å². The number of ether oxygens (including phenoxy) is 1. The fourth-order valence-electron chi connectivity index (χ4n) is 1.58. The zero-order chi connectivity index (χ0) is 9.10. The molecule has 0 atom stereocenters. The summed E-state index contributed by atoms with van der Waals surface area (Å²) in [7, 11) is 1.67. The van der Waals surface area contributed by atoms with Gasteiger partial charge in [-0.05, 0) is 18.8 Å². The van der Waals surface area contributed by atoms with Gasteiger partial charge in [0.05, 0.1) is 12.8 Å². The van der Waals surface area contributed by atoms with Gasteiger partial charge in [-0.3, -0.25) is 4.68 Å². The van der Waals surface area contributed by atoms with Crippen molar-refractivity contribution < 1.29 is 4.74 Å². The van der Waals surface area contributed by atoms with Gasteiger partial charge in [0.2, 0.25) is 0 Å². The lowest BCUT2D eigenvalue weighted by molar-refractivity contribution is 0.181. The van der Waals surface area contributed by atoms with Crippen molar-refractivity contribution in [1.29, 1.82) is 0 Å². The summed E-state index contributed by atoms with van der Waals surface area (Å²) in [6.45, 7) is 1.58. The highest BCUT2D eigenvalue weighted by Crippen LogP contribution is 2.27. The summed E-state index contributed by atoms with van der Waals surface area (Å²) in [6.07, 6.45) is 6.05. The predicted octanol–water partition coefficient (Wildman–Crippen LogP) is 1.22. The van der Waals surface area contributed by atoms with E-state index in [4.69, 9.17) is 4.74 Å². The highest BCUT2D eigenvalue weighted by Gasteiger charge is 2.18. The van der Waals surface area contributed by atoms with Crippen molar-refractivity contribution in [3.63, 3.8) is 0 Å². The van der Waals surface area contributed by atoms with Gasteiger partial charge >= 0.3 is 0 Å². The van der Waals surface area contributed by atoms with Gasteiger partial charge in [0.25, 0.3) is 0 Å². The second kappa shape index (κ2) is 3.87. The number of methoxy groups -OCH3 is 1. The quantitative estimate of drug-likeness (QED) is 0.701. The van der Waals surface area contributed by atoms with Crippen molar-refractivity contribution in [2.24, 2.45) is 5.92 Å². The lowest BCUT2D eigenvalue weighted by Crippen LogP contribution is -2.18. The van der Waals surface area contributed by atoms with E-state index in [2.05, 4.69) is 10.3 Å². The molecule has 0 amide bonds. The van der Waals surface area contributed by atoms with Gasteiger partial charge in [0.1, 0.15) is 5.69 Å². The van der Waals surface area contributed by atoms with Crippen LogP contribution < -0.4 is 0 Å². The van der Waals surface area contributed by atoms with Crippen molar-refractivity contribution in [3.05, 3.63) is 11.9 Å². The molecule has 0 saturated heterocycles. The SMILES string of the molecule is COCc1cn(CC2CCC2)nn1. The number of hydrogen-bond acceptors (Lipinski definition) is 3. The molecule has 1 aromatic heterocycles. The fraction of sp³-hybridized carbons (Fsp3) is 0.778. The molecule has 13 heavy (non-hydrogen) atoms. The van der Waals surface area contributed by atoms with Gasteiger partial charge < -0.3 is 4.74 Å². The van der Waals surface area contributed by atoms with Crippen LogP contribution in [0, 0.1) is 5.92 Å². The van der Waals surface area contributed by atoms with Crippen molar-refractivity contribution in [2.45, 2.75) is 32.4 Å². The lowest BCUT2D eigenvalue weighted by atomic mass is 9.85. The highest BCUT2D eigenvalue weighted by molar-refractivity contribution is 4.90. The minimum Gasteiger partial charge on any atom is -0.378 e. The third-order valence-corrected chi connectivity index (χ3v) is 2.55. The van der Waals surface area contributed by atoms with Crippen molar-refractivity contribution in [1.82, 2.24) is 15.0 Å². The van der Waals surface area contributed by atoms with E-state index in [9.17, 15) is 0 Å². The van der Waals surface area contributed by atoms with Crippen LogP contribution in [-0.4, -0.2) is 22.1 Å². The summed E-state index contributed by atoms with van der Waals surface area (Å²) in [5, 5.41) is 8.05. The van der Waals surface area contributed by atoms with Crippen molar-refractivity contribution in [2.75, 3.05) is 7.11 Å². The summed E-state index contributed by atoms with van der Waals surface area (Å²) >= 11 is 0. The van der Waals surface area contributed by atoms with Crippen LogP contribution >= 0.6 is 0 Å². The monoisotopic (exact) mass is 181 g/mol. The van der Waals surface area contributed by atoms with Crippen LogP contribution in [0.25, 0.3) is 0 Å². The van der Waals surface area contributed by atoms with Crippen LogP contribution in [0.5, 0.6) is 0 Å². The molecule has 0 aliphatic heterocycles. The molecular formula is C9H15N3O. The van der Waals surface area contributed by atoms with Gasteiger partial charge in [0, 0.05) is 13.7 Å². The summed E-state index contributed by atoms with van der Waals surface area (Å²) < 4.78 is 6.90. The van der Waals surface area contributed by atoms with Crippen molar-refractivity contribution in [3.8, 4) is 0 Å². The number of hydrogen-bond donors (Lipinski definition) is 0. The van der Waals surface area contributed by atoms with Crippen LogP contribution in [0.1, 0.15) is 25.0 Å². The standard InChI is InChI=1S/C9H15N3O/c1-13-7-9-6-12(11-10-9)5-8-3-2-4-8/h6,8H,2-5,7H2,1H3. The van der Waals surface area contributed by atoms with E-state index < -0.39 is 0 Å². The lowest BCUT2D eigenvalue weighted by Gasteiger charge is -2.24. The first-order valence-electron chi connectivity index (χ1n) is 4.76. The molecule has 1 heterocycles. The summed E-state index contributed by atoms with van der Waals surface area (Å²) in [6, 6.07) is 0. The average Bonchev–Trinajstić information content (AvgIpc) is 2.46. The molecule has 1 aliphatic rings. The predicted molar refractivity (Wildman–Crippen MR) is 48.1 cm³/mol. The minimum absolute atomic E-state index is 0.560. The Bertz CT molecular complexity index is 268. The molecule has 1 fully saturated rings. The van der Waals surface area contributed by atoms with Crippen LogP contribution in [0.3, 0.4) is 0 Å². The van der Waals surface area contributed by atoms with E-state index >= 15 is 0 Å². The Morgan fingerprint density at radius 1 is 1.62 bits per heavy atom. The molecule has 1 aliphatic carbocycles. The Hall–Kier alpha value is -0.900. The molecule has 0 spiro atoms. The van der Waals surface area contributed by atoms with Crippen molar-refractivity contribution >= 4 is 0 Å². The molecule has 0 N–H and O–H groups in total. The Balaban J connectivity index is 1.88. The first-order chi connectivity index (χ1) is 6.38. The molecule has 1 saturated carbocycles. The molecule has 4 nitrogen and oxygen atoms in total. The minimum atomic E-state index is 0.560. The van der Waals surface area contributed by atoms with E-state index in [0.717, 1.165) is 18.2 Å². The number of rotatable bonds is 4. The fourth-order valence-corrected chi connectivity index (χ4v) is 1.58. The molecular weight excluding hydrogens is 166 g/mol. The van der Waals surface area contributed by atoms with E-state index in [0.29, 0.717) is 6.61 Å². The summed E-state index contributed by atoms with van der Waals surface area (Å²) in [5.74, 6) is 0.831. The Morgan fingerprint density at radius 3 is 3.08 bits per heavy atom. The molecule has 1 aromatic rings. The molecule has 0 unspecified atom stereocenters. The van der Waals surface area contributed by atoms with Crippen LogP contribution in [0.4, 0.5) is 0 Å². The molecule has 0 radical (unpaired) electrons. The van der Waals surface area contributed by atoms with E-state index in [-0.39, 0.29) is 0 Å². The summed E-state index contributed by atoms with van der Waals surface area (Å²) in [5.41, 5.74) is 0.918. The average molecular weight is 181 g/mol. The number of aromatic nitrogens is 3. The maximum absolute atomic E-state index is 4.97. The van der Waals surface area contributed by atoms with Crippen LogP contribution in [0.2, 0.25) is 0 Å². The largest absolute Gasteiger partial charge is 0.378 e. The first-order valence-corrected chi connectivity index (χ1v) is 4.76. The van der Waals surface area contributed by atoms with E-state index in [1.165, 1.54) is 19.3 Å². The van der Waals surface area contributed by atoms with Gasteiger partial charge in [-0.1, -0.05) is 11.6 Å². The van der Waals surface area contributed by atoms with Crippen LogP contribution in [-0.2, 0) is 17.9 Å². The topological polar surface area (TPSA) is 39.9 Å². The smallest absolute Gasteiger partial charge is 0.108 e. The maximum atomic E-state index is 4.97. The zero-order valence-electron chi connectivity index (χ0n) is 7.94. The Labute approximate surface area is 77.9 Å². The highest BCUT2D eigenvalue weighted by atomic mass is 16.5. The van der Waals surface area contributed by atoms with E-state index in [1.807, 2.05) is 10.9 Å². The molecule has 72 valence electrons. The molecule has 2 rings (SSSR count).